The third-order valence-corrected chi connectivity index (χ3v) is 14.3. The monoisotopic (exact) mass is 627 g/mol. The van der Waals surface area contributed by atoms with Crippen LogP contribution < -0.4 is 20.7 Å². The quantitative estimate of drug-likeness (QED) is 0.141. The molecule has 0 aliphatic carbocycles. The number of para-hydroxylation sites is 2. The van der Waals surface area contributed by atoms with E-state index in [-0.39, 0.29) is 0 Å². The minimum atomic E-state index is -3.12. The Bertz CT molecular complexity index is 2340. The molecule has 0 atom stereocenters. The van der Waals surface area contributed by atoms with E-state index < -0.39 is 8.07 Å². The Hall–Kier alpha value is -6.46. The van der Waals surface area contributed by atoms with Crippen LogP contribution in [0.5, 0.6) is 0 Å². The summed E-state index contributed by atoms with van der Waals surface area (Å²) in [5.74, 6) is 0. The number of nitrogens with zero attached hydrogens (tertiary/aromatic N) is 3. The van der Waals surface area contributed by atoms with Crippen LogP contribution in [0.15, 0.2) is 176 Å². The average Bonchev–Trinajstić information content (AvgIpc) is 3.51. The van der Waals surface area contributed by atoms with E-state index in [1.165, 1.54) is 10.8 Å². The van der Waals surface area contributed by atoms with Crippen LogP contribution in [0.25, 0.3) is 38.6 Å². The molecule has 8 aromatic rings. The van der Waals surface area contributed by atoms with E-state index in [0.29, 0.717) is 11.1 Å². The molecular formula is C44H29N3Si. The van der Waals surface area contributed by atoms with Gasteiger partial charge < -0.3 is 4.57 Å². The van der Waals surface area contributed by atoms with Gasteiger partial charge in [0.1, 0.15) is 0 Å². The number of nitriles is 2. The molecule has 3 nitrogen and oxygen atoms in total. The van der Waals surface area contributed by atoms with Crippen molar-refractivity contribution in [2.75, 3.05) is 0 Å². The Morgan fingerprint density at radius 1 is 0.417 bits per heavy atom. The van der Waals surface area contributed by atoms with Crippen LogP contribution in [0.3, 0.4) is 0 Å². The van der Waals surface area contributed by atoms with Crippen LogP contribution in [0.2, 0.25) is 0 Å². The van der Waals surface area contributed by atoms with Crippen LogP contribution >= 0.6 is 0 Å². The van der Waals surface area contributed by atoms with E-state index in [2.05, 4.69) is 162 Å². The second kappa shape index (κ2) is 12.0. The maximum Gasteiger partial charge on any atom is 0.182 e. The third-order valence-electron chi connectivity index (χ3n) is 9.39. The maximum atomic E-state index is 10.9. The number of rotatable bonds is 6. The SMILES string of the molecule is N#Cc1cc(-c2cccc(-n3c4ccccc4c4ccccc43)c2)cc(C#N)c1[Si](c1ccccc1)(c1ccccc1)c1ccccc1. The van der Waals surface area contributed by atoms with Crippen LogP contribution in [-0.4, -0.2) is 12.6 Å². The fraction of sp³-hybridized carbons (Fsp3) is 0. The molecule has 0 saturated carbocycles. The van der Waals surface area contributed by atoms with Crippen molar-refractivity contribution in [2.24, 2.45) is 0 Å². The fourth-order valence-corrected chi connectivity index (χ4v) is 12.4. The highest BCUT2D eigenvalue weighted by Gasteiger charge is 2.44. The normalized spacial score (nSPS) is 11.3. The first-order chi connectivity index (χ1) is 23.7. The molecule has 0 saturated heterocycles. The molecular weight excluding hydrogens is 599 g/mol. The lowest BCUT2D eigenvalue weighted by Gasteiger charge is -2.35. The van der Waals surface area contributed by atoms with Gasteiger partial charge in [0.25, 0.3) is 0 Å². The van der Waals surface area contributed by atoms with Gasteiger partial charge in [-0.1, -0.05) is 140 Å². The van der Waals surface area contributed by atoms with Crippen molar-refractivity contribution in [1.82, 2.24) is 4.57 Å². The Morgan fingerprint density at radius 2 is 0.854 bits per heavy atom. The molecule has 0 spiro atoms. The first kappa shape index (κ1) is 29.0. The van der Waals surface area contributed by atoms with Crippen molar-refractivity contribution >= 4 is 50.6 Å². The number of hydrogen-bond donors (Lipinski definition) is 0. The molecule has 0 unspecified atom stereocenters. The summed E-state index contributed by atoms with van der Waals surface area (Å²) in [6, 6.07) is 65.7. The number of fused-ring (bicyclic) bond motifs is 3. The molecule has 4 heteroatoms. The Morgan fingerprint density at radius 3 is 1.31 bits per heavy atom. The van der Waals surface area contributed by atoms with Gasteiger partial charge >= 0.3 is 0 Å². The molecule has 0 aliphatic heterocycles. The Kier molecular flexibility index (Phi) is 7.27. The van der Waals surface area contributed by atoms with Crippen molar-refractivity contribution in [3.63, 3.8) is 0 Å². The van der Waals surface area contributed by atoms with Gasteiger partial charge in [-0.2, -0.15) is 10.5 Å². The van der Waals surface area contributed by atoms with Gasteiger partial charge in [0.15, 0.2) is 8.07 Å². The zero-order valence-corrected chi connectivity index (χ0v) is 27.1. The second-order valence-electron chi connectivity index (χ2n) is 11.9. The second-order valence-corrected chi connectivity index (χ2v) is 15.7. The van der Waals surface area contributed by atoms with Crippen molar-refractivity contribution in [1.29, 1.82) is 10.5 Å². The summed E-state index contributed by atoms with van der Waals surface area (Å²) < 4.78 is 2.29. The number of hydrogen-bond acceptors (Lipinski definition) is 2. The fourth-order valence-electron chi connectivity index (χ4n) is 7.41. The van der Waals surface area contributed by atoms with Crippen LogP contribution in [-0.2, 0) is 0 Å². The molecule has 0 amide bonds. The van der Waals surface area contributed by atoms with Crippen molar-refractivity contribution in [3.05, 3.63) is 187 Å². The highest BCUT2D eigenvalue weighted by molar-refractivity contribution is 7.20. The molecule has 1 heterocycles. The molecule has 1 aromatic heterocycles. The highest BCUT2D eigenvalue weighted by atomic mass is 28.3. The summed E-state index contributed by atoms with van der Waals surface area (Å²) in [5.41, 5.74) is 6.11. The van der Waals surface area contributed by atoms with E-state index in [1.807, 2.05) is 30.3 Å². The third kappa shape index (κ3) is 4.55. The molecule has 0 bridgehead atoms. The van der Waals surface area contributed by atoms with Gasteiger partial charge in [0, 0.05) is 16.5 Å². The standard InChI is InChI=1S/C44H29N3Si/c45-30-34-27-33(32-15-14-16-36(29-32)47-42-25-12-10-23-40(42)41-24-11-13-26-43(41)47)28-35(31-46)44(34)48(37-17-4-1-5-18-37,38-19-6-2-7-20-38)39-21-8-3-9-22-39/h1-29H. The molecule has 0 aliphatic rings. The van der Waals surface area contributed by atoms with Gasteiger partial charge in [0.05, 0.1) is 34.3 Å². The van der Waals surface area contributed by atoms with Crippen LogP contribution in [0.1, 0.15) is 11.1 Å². The van der Waals surface area contributed by atoms with Crippen LogP contribution in [0.4, 0.5) is 0 Å². The Balaban J connectivity index is 1.39. The predicted molar refractivity (Wildman–Crippen MR) is 199 cm³/mol. The zero-order valence-electron chi connectivity index (χ0n) is 26.1. The topological polar surface area (TPSA) is 52.5 Å². The minimum Gasteiger partial charge on any atom is -0.309 e. The van der Waals surface area contributed by atoms with Gasteiger partial charge in [-0.15, -0.1) is 0 Å². The zero-order chi connectivity index (χ0) is 32.5. The minimum absolute atomic E-state index is 0.523. The predicted octanol–water partition coefficient (Wildman–Crippen LogP) is 7.57. The molecule has 48 heavy (non-hydrogen) atoms. The van der Waals surface area contributed by atoms with Crippen molar-refractivity contribution < 1.29 is 0 Å². The maximum absolute atomic E-state index is 10.9. The lowest BCUT2D eigenvalue weighted by atomic mass is 9.99. The number of benzene rings is 7. The molecule has 0 fully saturated rings. The highest BCUT2D eigenvalue weighted by Crippen LogP contribution is 2.33. The summed E-state index contributed by atoms with van der Waals surface area (Å²) in [6.45, 7) is 0. The van der Waals surface area contributed by atoms with Crippen molar-refractivity contribution in [3.8, 4) is 29.0 Å². The van der Waals surface area contributed by atoms with Gasteiger partial charge in [-0.25, -0.2) is 0 Å². The Labute approximate surface area is 280 Å². The molecule has 8 rings (SSSR count). The molecule has 224 valence electrons. The molecule has 7 aromatic carbocycles. The summed E-state index contributed by atoms with van der Waals surface area (Å²) in [4.78, 5) is 0. The number of aromatic nitrogens is 1. The van der Waals surface area contributed by atoms with Gasteiger partial charge in [-0.3, -0.25) is 0 Å². The van der Waals surface area contributed by atoms with Gasteiger partial charge in [0.2, 0.25) is 0 Å². The molecule has 0 N–H and O–H groups in total. The average molecular weight is 628 g/mol. The van der Waals surface area contributed by atoms with E-state index in [1.54, 1.807) is 0 Å². The van der Waals surface area contributed by atoms with E-state index in [4.69, 9.17) is 0 Å². The summed E-state index contributed by atoms with van der Waals surface area (Å²) in [7, 11) is -3.12. The van der Waals surface area contributed by atoms with E-state index in [0.717, 1.165) is 48.6 Å². The van der Waals surface area contributed by atoms with Gasteiger partial charge in [-0.05, 0) is 68.3 Å². The summed E-state index contributed by atoms with van der Waals surface area (Å²) in [6.07, 6.45) is 0. The van der Waals surface area contributed by atoms with E-state index in [9.17, 15) is 10.5 Å². The van der Waals surface area contributed by atoms with E-state index >= 15 is 0 Å². The first-order valence-electron chi connectivity index (χ1n) is 16.0. The summed E-state index contributed by atoms with van der Waals surface area (Å²) >= 11 is 0. The largest absolute Gasteiger partial charge is 0.309 e. The smallest absolute Gasteiger partial charge is 0.182 e. The first-order valence-corrected chi connectivity index (χ1v) is 18.0. The lowest BCUT2D eigenvalue weighted by molar-refractivity contribution is 1.18. The molecule has 0 radical (unpaired) electrons. The van der Waals surface area contributed by atoms with Crippen LogP contribution in [0, 0.1) is 22.7 Å². The summed E-state index contributed by atoms with van der Waals surface area (Å²) in [5, 5.41) is 28.4. The lowest BCUT2D eigenvalue weighted by Crippen LogP contribution is -2.75. The van der Waals surface area contributed by atoms with Crippen molar-refractivity contribution in [2.45, 2.75) is 0 Å².